The van der Waals surface area contributed by atoms with Crippen LogP contribution in [0.15, 0.2) is 24.5 Å². The van der Waals surface area contributed by atoms with Crippen LogP contribution >= 0.6 is 0 Å². The third-order valence-corrected chi connectivity index (χ3v) is 4.53. The van der Waals surface area contributed by atoms with Gasteiger partial charge in [0.25, 0.3) is 0 Å². The Morgan fingerprint density at radius 2 is 2.17 bits per heavy atom. The summed E-state index contributed by atoms with van der Waals surface area (Å²) >= 11 is 0. The average Bonchev–Trinajstić information content (AvgIpc) is 2.91. The van der Waals surface area contributed by atoms with Gasteiger partial charge < -0.3 is 10.6 Å². The number of nitrogens with two attached hydrogens (primary N) is 1. The van der Waals surface area contributed by atoms with Crippen LogP contribution in [0.2, 0.25) is 0 Å². The van der Waals surface area contributed by atoms with Crippen molar-refractivity contribution in [1.29, 1.82) is 0 Å². The van der Waals surface area contributed by atoms with E-state index in [-0.39, 0.29) is 0 Å². The normalized spacial score (nSPS) is 14.0. The Kier molecular flexibility index (Phi) is 3.41. The largest absolute Gasteiger partial charge is 0.383 e. The van der Waals surface area contributed by atoms with Crippen molar-refractivity contribution in [1.82, 2.24) is 24.6 Å². The molecule has 1 aliphatic rings. The number of fused-ring (bicyclic) bond motifs is 2. The number of nitrogens with zero attached hydrogens (tertiary/aromatic N) is 5. The number of rotatable bonds is 3. The second kappa shape index (κ2) is 5.59. The predicted octanol–water partition coefficient (Wildman–Crippen LogP) is 1.28. The van der Waals surface area contributed by atoms with E-state index in [1.54, 1.807) is 4.90 Å². The van der Waals surface area contributed by atoms with Crippen molar-refractivity contribution < 1.29 is 4.79 Å². The number of benzene rings is 1. The molecular weight excluding hydrogens is 304 g/mol. The Morgan fingerprint density at radius 1 is 1.29 bits per heavy atom. The van der Waals surface area contributed by atoms with E-state index in [0.717, 1.165) is 41.7 Å². The molecule has 0 unspecified atom stereocenters. The number of aromatic nitrogens is 4. The maximum Gasteiger partial charge on any atom is 0.210 e. The summed E-state index contributed by atoms with van der Waals surface area (Å²) in [4.78, 5) is 21.1. The molecule has 1 amide bonds. The summed E-state index contributed by atoms with van der Waals surface area (Å²) in [5.74, 6) is 0.461. The molecule has 1 aromatic carbocycles. The van der Waals surface area contributed by atoms with Crippen LogP contribution in [0.1, 0.15) is 22.4 Å². The van der Waals surface area contributed by atoms with Gasteiger partial charge in [-0.15, -0.1) is 0 Å². The smallest absolute Gasteiger partial charge is 0.210 e. The molecule has 24 heavy (non-hydrogen) atoms. The molecule has 0 radical (unpaired) electrons. The van der Waals surface area contributed by atoms with Crippen molar-refractivity contribution in [3.05, 3.63) is 46.9 Å². The molecule has 0 saturated carbocycles. The molecule has 0 aliphatic carbocycles. The quantitative estimate of drug-likeness (QED) is 0.734. The summed E-state index contributed by atoms with van der Waals surface area (Å²) in [5, 5.41) is 5.38. The zero-order valence-electron chi connectivity index (χ0n) is 13.4. The van der Waals surface area contributed by atoms with Crippen LogP contribution < -0.4 is 5.73 Å². The Bertz CT molecular complexity index is 932. The zero-order valence-corrected chi connectivity index (χ0v) is 13.4. The number of anilines is 1. The lowest BCUT2D eigenvalue weighted by Gasteiger charge is -2.25. The van der Waals surface area contributed by atoms with E-state index in [1.165, 1.54) is 17.5 Å². The van der Waals surface area contributed by atoms with Gasteiger partial charge in [-0.05, 0) is 30.0 Å². The molecule has 3 heterocycles. The molecule has 7 heteroatoms. The van der Waals surface area contributed by atoms with Crippen molar-refractivity contribution >= 4 is 23.3 Å². The van der Waals surface area contributed by atoms with Crippen molar-refractivity contribution in [2.45, 2.75) is 26.4 Å². The highest BCUT2D eigenvalue weighted by Crippen LogP contribution is 2.23. The third kappa shape index (κ3) is 2.38. The molecule has 0 spiro atoms. The molecule has 0 saturated heterocycles. The molecule has 122 valence electrons. The van der Waals surface area contributed by atoms with Gasteiger partial charge in [0.05, 0.1) is 17.6 Å². The highest BCUT2D eigenvalue weighted by atomic mass is 16.1. The Labute approximate surface area is 139 Å². The van der Waals surface area contributed by atoms with E-state index >= 15 is 0 Å². The molecule has 4 rings (SSSR count). The second-order valence-electron chi connectivity index (χ2n) is 6.13. The van der Waals surface area contributed by atoms with Crippen molar-refractivity contribution in [3.63, 3.8) is 0 Å². The Hall–Kier alpha value is -2.96. The maximum atomic E-state index is 10.9. The minimum Gasteiger partial charge on any atom is -0.383 e. The van der Waals surface area contributed by atoms with Crippen LogP contribution in [0.3, 0.4) is 0 Å². The van der Waals surface area contributed by atoms with Crippen LogP contribution in [-0.4, -0.2) is 37.6 Å². The molecule has 7 nitrogen and oxygen atoms in total. The highest BCUT2D eigenvalue weighted by Gasteiger charge is 2.16. The number of hydrogen-bond donors (Lipinski definition) is 1. The van der Waals surface area contributed by atoms with Crippen molar-refractivity contribution in [2.24, 2.45) is 0 Å². The zero-order chi connectivity index (χ0) is 16.7. The molecule has 0 fully saturated rings. The minimum atomic E-state index is 0.461. The maximum absolute atomic E-state index is 10.9. The number of hydrogen-bond acceptors (Lipinski definition) is 5. The van der Waals surface area contributed by atoms with Crippen LogP contribution in [-0.2, 0) is 24.3 Å². The summed E-state index contributed by atoms with van der Waals surface area (Å²) in [6.45, 7) is 4.01. The van der Waals surface area contributed by atoms with Gasteiger partial charge in [-0.3, -0.25) is 4.79 Å². The van der Waals surface area contributed by atoms with Gasteiger partial charge in [0.15, 0.2) is 5.65 Å². The van der Waals surface area contributed by atoms with E-state index in [4.69, 9.17) is 5.73 Å². The second-order valence-corrected chi connectivity index (χ2v) is 6.13. The van der Waals surface area contributed by atoms with Gasteiger partial charge in [0.1, 0.15) is 12.1 Å². The summed E-state index contributed by atoms with van der Waals surface area (Å²) in [5.41, 5.74) is 11.2. The first-order valence-corrected chi connectivity index (χ1v) is 7.89. The summed E-state index contributed by atoms with van der Waals surface area (Å²) in [6.07, 6.45) is 3.27. The average molecular weight is 322 g/mol. The molecule has 1 aliphatic heterocycles. The van der Waals surface area contributed by atoms with Crippen LogP contribution in [0.25, 0.3) is 11.0 Å². The first-order chi connectivity index (χ1) is 11.7. The lowest BCUT2D eigenvalue weighted by atomic mass is 9.97. The number of nitrogen functional groups attached to an aromatic ring is 1. The Morgan fingerprint density at radius 3 is 3.00 bits per heavy atom. The first-order valence-electron chi connectivity index (χ1n) is 7.89. The number of amides is 1. The summed E-state index contributed by atoms with van der Waals surface area (Å²) < 4.78 is 1.87. The van der Waals surface area contributed by atoms with E-state index < -0.39 is 0 Å². The number of aryl methyl sites for hydroxylation is 1. The fourth-order valence-electron chi connectivity index (χ4n) is 3.31. The Balaban J connectivity index is 1.67. The van der Waals surface area contributed by atoms with Crippen molar-refractivity contribution in [3.8, 4) is 0 Å². The first kappa shape index (κ1) is 14.6. The molecule has 3 aromatic rings. The van der Waals surface area contributed by atoms with Crippen LogP contribution in [0.4, 0.5) is 5.82 Å². The minimum absolute atomic E-state index is 0.461. The van der Waals surface area contributed by atoms with Gasteiger partial charge in [-0.2, -0.15) is 5.10 Å². The lowest BCUT2D eigenvalue weighted by Crippen LogP contribution is -2.29. The monoisotopic (exact) mass is 322 g/mol. The summed E-state index contributed by atoms with van der Waals surface area (Å²) in [7, 11) is 0. The molecule has 0 bridgehead atoms. The van der Waals surface area contributed by atoms with Gasteiger partial charge >= 0.3 is 0 Å². The van der Waals surface area contributed by atoms with Crippen LogP contribution in [0, 0.1) is 6.92 Å². The standard InChI is InChI=1S/C17H18N6O/c1-11-15-16(18)19-9-20-17(15)23(21-11)7-12-2-3-14-8-22(10-24)5-4-13(14)6-12/h2-3,6,9-10H,4-5,7-8H2,1H3,(H2,18,19,20). The lowest BCUT2D eigenvalue weighted by molar-refractivity contribution is -0.118. The van der Waals surface area contributed by atoms with Gasteiger partial charge in [-0.1, -0.05) is 18.2 Å². The topological polar surface area (TPSA) is 89.9 Å². The van der Waals surface area contributed by atoms with Gasteiger partial charge in [0, 0.05) is 13.1 Å². The van der Waals surface area contributed by atoms with Gasteiger partial charge in [0.2, 0.25) is 6.41 Å². The molecule has 2 aromatic heterocycles. The fourth-order valence-corrected chi connectivity index (χ4v) is 3.31. The van der Waals surface area contributed by atoms with Crippen molar-refractivity contribution in [2.75, 3.05) is 12.3 Å². The predicted molar refractivity (Wildman–Crippen MR) is 90.2 cm³/mol. The van der Waals surface area contributed by atoms with Crippen LogP contribution in [0.5, 0.6) is 0 Å². The molecular formula is C17H18N6O. The van der Waals surface area contributed by atoms with Gasteiger partial charge in [-0.25, -0.2) is 14.6 Å². The van der Waals surface area contributed by atoms with E-state index in [9.17, 15) is 4.79 Å². The summed E-state index contributed by atoms with van der Waals surface area (Å²) in [6, 6.07) is 6.38. The molecule has 2 N–H and O–H groups in total. The molecule has 0 atom stereocenters. The SMILES string of the molecule is Cc1nn(Cc2ccc3c(c2)CCN(C=O)C3)c2ncnc(N)c12. The highest BCUT2D eigenvalue weighted by molar-refractivity contribution is 5.87. The van der Waals surface area contributed by atoms with E-state index in [1.807, 2.05) is 11.6 Å². The third-order valence-electron chi connectivity index (χ3n) is 4.53. The number of carbonyl (C=O) groups excluding carboxylic acids is 1. The van der Waals surface area contributed by atoms with E-state index in [2.05, 4.69) is 33.3 Å². The number of carbonyl (C=O) groups is 1. The van der Waals surface area contributed by atoms with E-state index in [0.29, 0.717) is 18.9 Å². The fraction of sp³-hybridized carbons (Fsp3) is 0.294.